The lowest BCUT2D eigenvalue weighted by molar-refractivity contribution is -0.141. The number of carbonyl (C=O) groups excluding carboxylic acids is 1. The van der Waals surface area contributed by atoms with E-state index in [9.17, 15) is 23.1 Å². The number of halogens is 3. The Morgan fingerprint density at radius 3 is 2.55 bits per heavy atom. The van der Waals surface area contributed by atoms with Crippen LogP contribution in [0.15, 0.2) is 36.7 Å². The number of aromatic nitrogens is 3. The Kier molecular flexibility index (Phi) is 5.22. The first kappa shape index (κ1) is 20.6. The van der Waals surface area contributed by atoms with Gasteiger partial charge in [0.15, 0.2) is 0 Å². The number of amides is 1. The van der Waals surface area contributed by atoms with Crippen LogP contribution in [0.3, 0.4) is 0 Å². The van der Waals surface area contributed by atoms with Gasteiger partial charge in [-0.15, -0.1) is 0 Å². The minimum absolute atomic E-state index is 0.225. The summed E-state index contributed by atoms with van der Waals surface area (Å²) < 4.78 is 45.7. The second-order valence-electron chi connectivity index (χ2n) is 6.79. The smallest absolute Gasteiger partial charge is 0.433 e. The summed E-state index contributed by atoms with van der Waals surface area (Å²) in [4.78, 5) is 20.2. The van der Waals surface area contributed by atoms with E-state index in [-0.39, 0.29) is 17.1 Å². The molecule has 29 heavy (non-hydrogen) atoms. The van der Waals surface area contributed by atoms with E-state index < -0.39 is 23.4 Å². The van der Waals surface area contributed by atoms with Gasteiger partial charge in [0.25, 0.3) is 5.91 Å². The first-order valence-corrected chi connectivity index (χ1v) is 8.73. The predicted molar refractivity (Wildman–Crippen MR) is 98.8 cm³/mol. The number of rotatable bonds is 5. The van der Waals surface area contributed by atoms with Crippen LogP contribution < -0.4 is 10.1 Å². The second kappa shape index (κ2) is 7.36. The largest absolute Gasteiger partial charge is 0.491 e. The topological polar surface area (TPSA) is 88.8 Å². The average Bonchev–Trinajstić information content (AvgIpc) is 3.05. The third-order valence-electron chi connectivity index (χ3n) is 4.00. The van der Waals surface area contributed by atoms with Crippen molar-refractivity contribution in [2.75, 3.05) is 11.9 Å². The van der Waals surface area contributed by atoms with E-state index >= 15 is 0 Å². The molecule has 0 aliphatic carbocycles. The molecule has 0 radical (unpaired) electrons. The molecule has 0 atom stereocenters. The molecule has 0 unspecified atom stereocenters. The van der Waals surface area contributed by atoms with Gasteiger partial charge in [0.05, 0.1) is 12.3 Å². The highest BCUT2D eigenvalue weighted by Gasteiger charge is 2.33. The summed E-state index contributed by atoms with van der Waals surface area (Å²) in [5.74, 6) is -0.535. The first-order chi connectivity index (χ1) is 13.5. The number of nitrogens with zero attached hydrogens (tertiary/aromatic N) is 3. The monoisotopic (exact) mass is 408 g/mol. The molecule has 3 rings (SSSR count). The maximum Gasteiger partial charge on any atom is 0.433 e. The predicted octanol–water partition coefficient (Wildman–Crippen LogP) is 3.63. The molecule has 0 aromatic carbocycles. The summed E-state index contributed by atoms with van der Waals surface area (Å²) in [6.45, 7) is 5.21. The fourth-order valence-electron chi connectivity index (χ4n) is 2.58. The zero-order chi connectivity index (χ0) is 21.4. The van der Waals surface area contributed by atoms with Gasteiger partial charge in [-0.3, -0.25) is 4.79 Å². The third-order valence-corrected chi connectivity index (χ3v) is 4.00. The number of anilines is 1. The van der Waals surface area contributed by atoms with E-state index in [0.717, 1.165) is 12.1 Å². The fraction of sp³-hybridized carbons (Fsp3) is 0.316. The number of nitrogens with one attached hydrogen (secondary N) is 1. The lowest BCUT2D eigenvalue weighted by atomic mass is 10.1. The van der Waals surface area contributed by atoms with Crippen LogP contribution in [0, 0.1) is 0 Å². The summed E-state index contributed by atoms with van der Waals surface area (Å²) in [5, 5.41) is 12.7. The highest BCUT2D eigenvalue weighted by Crippen LogP contribution is 2.30. The van der Waals surface area contributed by atoms with Crippen LogP contribution in [0.4, 0.5) is 18.9 Å². The summed E-state index contributed by atoms with van der Waals surface area (Å²) in [6, 6.07) is 4.65. The number of hydrogen-bond acceptors (Lipinski definition) is 5. The third kappa shape index (κ3) is 4.48. The lowest BCUT2D eigenvalue weighted by Crippen LogP contribution is -2.17. The molecule has 0 bridgehead atoms. The quantitative estimate of drug-likeness (QED) is 0.673. The Morgan fingerprint density at radius 1 is 1.21 bits per heavy atom. The number of hydrogen-bond donors (Lipinski definition) is 2. The molecular weight excluding hydrogens is 389 g/mol. The van der Waals surface area contributed by atoms with Crippen molar-refractivity contribution >= 4 is 17.2 Å². The van der Waals surface area contributed by atoms with Crippen LogP contribution in [-0.2, 0) is 11.8 Å². The van der Waals surface area contributed by atoms with Crippen LogP contribution in [0.5, 0.6) is 5.75 Å². The minimum Gasteiger partial charge on any atom is -0.491 e. The van der Waals surface area contributed by atoms with Crippen LogP contribution >= 0.6 is 0 Å². The fourth-order valence-corrected chi connectivity index (χ4v) is 2.58. The molecule has 3 aromatic rings. The number of carbonyl (C=O) groups is 1. The maximum atomic E-state index is 12.9. The summed E-state index contributed by atoms with van der Waals surface area (Å²) >= 11 is 0. The van der Waals surface area contributed by atoms with E-state index in [1.807, 2.05) is 0 Å². The van der Waals surface area contributed by atoms with Crippen molar-refractivity contribution in [2.24, 2.45) is 0 Å². The van der Waals surface area contributed by atoms with Crippen molar-refractivity contribution in [3.8, 4) is 5.75 Å². The van der Waals surface area contributed by atoms with E-state index in [1.165, 1.54) is 12.3 Å². The lowest BCUT2D eigenvalue weighted by Gasteiger charge is -2.13. The molecule has 2 N–H and O–H groups in total. The minimum atomic E-state index is -4.66. The Balaban J connectivity index is 1.98. The molecule has 3 aromatic heterocycles. The molecule has 154 valence electrons. The van der Waals surface area contributed by atoms with Crippen LogP contribution in [0.2, 0.25) is 0 Å². The zero-order valence-corrected chi connectivity index (χ0v) is 15.9. The molecule has 0 aliphatic heterocycles. The Bertz CT molecular complexity index is 1060. The number of pyridine rings is 2. The van der Waals surface area contributed by atoms with Crippen LogP contribution in [0.25, 0.3) is 5.65 Å². The number of alkyl halides is 3. The highest BCUT2D eigenvalue weighted by molar-refractivity contribution is 6.03. The van der Waals surface area contributed by atoms with Crippen LogP contribution in [-0.4, -0.2) is 32.0 Å². The van der Waals surface area contributed by atoms with Crippen LogP contribution in [0.1, 0.15) is 42.6 Å². The van der Waals surface area contributed by atoms with E-state index in [4.69, 9.17) is 4.74 Å². The van der Waals surface area contributed by atoms with Crippen molar-refractivity contribution in [3.63, 3.8) is 0 Å². The normalized spacial score (nSPS) is 12.2. The molecular formula is C19H19F3N4O3. The van der Waals surface area contributed by atoms with Gasteiger partial charge in [0.2, 0.25) is 0 Å². The molecule has 7 nitrogen and oxygen atoms in total. The Labute approximate surface area is 164 Å². The summed E-state index contributed by atoms with van der Waals surface area (Å²) in [5.41, 5.74) is -1.62. The molecule has 0 saturated carbocycles. The van der Waals surface area contributed by atoms with E-state index in [2.05, 4.69) is 15.3 Å². The Hall–Kier alpha value is -3.14. The molecule has 3 heterocycles. The number of imidazole rings is 1. The van der Waals surface area contributed by atoms with Gasteiger partial charge in [-0.25, -0.2) is 9.97 Å². The SMILES string of the molecule is CCOc1cc2nc(C(C)(C)O)cn2cc1NC(=O)c1cccc(C(F)(F)F)n1. The van der Waals surface area contributed by atoms with Gasteiger partial charge in [-0.1, -0.05) is 6.07 Å². The van der Waals surface area contributed by atoms with Crippen molar-refractivity contribution in [2.45, 2.75) is 32.5 Å². The van der Waals surface area contributed by atoms with Gasteiger partial charge in [-0.2, -0.15) is 13.2 Å². The van der Waals surface area contributed by atoms with Crippen molar-refractivity contribution in [3.05, 3.63) is 53.7 Å². The van der Waals surface area contributed by atoms with Gasteiger partial charge in [0.1, 0.15) is 34.1 Å². The number of ether oxygens (including phenoxy) is 1. The van der Waals surface area contributed by atoms with Gasteiger partial charge in [0, 0.05) is 18.5 Å². The average molecular weight is 408 g/mol. The summed E-state index contributed by atoms with van der Waals surface area (Å²) in [6.07, 6.45) is -1.56. The molecule has 0 saturated heterocycles. The number of fused-ring (bicyclic) bond motifs is 1. The van der Waals surface area contributed by atoms with Crippen molar-refractivity contribution in [1.29, 1.82) is 0 Å². The van der Waals surface area contributed by atoms with Crippen molar-refractivity contribution in [1.82, 2.24) is 14.4 Å². The van der Waals surface area contributed by atoms with Gasteiger partial charge >= 0.3 is 6.18 Å². The van der Waals surface area contributed by atoms with E-state index in [0.29, 0.717) is 17.9 Å². The van der Waals surface area contributed by atoms with Crippen molar-refractivity contribution < 1.29 is 27.8 Å². The van der Waals surface area contributed by atoms with Gasteiger partial charge < -0.3 is 19.6 Å². The molecule has 0 aliphatic rings. The maximum absolute atomic E-state index is 12.9. The standard InChI is InChI=1S/C19H19F3N4O3/c1-4-29-13-8-16-25-15(18(2,3)28)10-26(16)9-12(13)24-17(27)11-6-5-7-14(23-11)19(20,21)22/h5-10,28H,4H2,1-3H3,(H,24,27). The second-order valence-corrected chi connectivity index (χ2v) is 6.79. The first-order valence-electron chi connectivity index (χ1n) is 8.73. The highest BCUT2D eigenvalue weighted by atomic mass is 19.4. The zero-order valence-electron chi connectivity index (χ0n) is 15.9. The molecule has 0 spiro atoms. The Morgan fingerprint density at radius 2 is 1.93 bits per heavy atom. The summed E-state index contributed by atoms with van der Waals surface area (Å²) in [7, 11) is 0. The molecule has 0 fully saturated rings. The van der Waals surface area contributed by atoms with E-state index in [1.54, 1.807) is 37.4 Å². The number of aliphatic hydroxyl groups is 1. The molecule has 1 amide bonds. The molecule has 10 heteroatoms. The van der Waals surface area contributed by atoms with Gasteiger partial charge in [-0.05, 0) is 32.9 Å².